The van der Waals surface area contributed by atoms with Crippen LogP contribution in [0.1, 0.15) is 33.1 Å². The third-order valence-electron chi connectivity index (χ3n) is 4.00. The van der Waals surface area contributed by atoms with E-state index in [-0.39, 0.29) is 10.9 Å². The molecule has 0 aromatic carbocycles. The van der Waals surface area contributed by atoms with Gasteiger partial charge in [-0.1, -0.05) is 26.7 Å². The summed E-state index contributed by atoms with van der Waals surface area (Å²) in [5, 5.41) is 0. The maximum absolute atomic E-state index is 12.3. The van der Waals surface area contributed by atoms with E-state index in [1.807, 2.05) is 0 Å². The number of pyridine rings is 1. The number of aromatic nitrogens is 1. The molecule has 1 heterocycles. The van der Waals surface area contributed by atoms with Crippen LogP contribution in [-0.2, 0) is 10.0 Å². The first kappa shape index (κ1) is 14.9. The molecule has 0 radical (unpaired) electrons. The number of sulfonamides is 1. The number of nitrogens with zero attached hydrogens (tertiary/aromatic N) is 1. The van der Waals surface area contributed by atoms with Crippen molar-refractivity contribution in [2.45, 2.75) is 44.0 Å². The minimum atomic E-state index is -3.48. The van der Waals surface area contributed by atoms with Gasteiger partial charge in [-0.3, -0.25) is 4.98 Å². The van der Waals surface area contributed by atoms with Crippen LogP contribution < -0.4 is 4.72 Å². The Morgan fingerprint density at radius 2 is 2.05 bits per heavy atom. The first-order chi connectivity index (χ1) is 8.90. The summed E-state index contributed by atoms with van der Waals surface area (Å²) in [6.07, 6.45) is 6.12. The normalized spacial score (nSPS) is 28.3. The Balaban J connectivity index is 2.17. The minimum absolute atomic E-state index is 0.0210. The van der Waals surface area contributed by atoms with Gasteiger partial charge in [0.25, 0.3) is 0 Å². The molecular formula is C13H19BrN2O2S. The molecule has 0 spiro atoms. The summed E-state index contributed by atoms with van der Waals surface area (Å²) < 4.78 is 28.2. The van der Waals surface area contributed by atoms with Crippen LogP contribution in [0.25, 0.3) is 0 Å². The molecule has 0 amide bonds. The average Bonchev–Trinajstić information content (AvgIpc) is 2.35. The Kier molecular flexibility index (Phi) is 4.63. The maximum Gasteiger partial charge on any atom is 0.242 e. The van der Waals surface area contributed by atoms with Crippen LogP contribution >= 0.6 is 15.9 Å². The van der Waals surface area contributed by atoms with E-state index in [2.05, 4.69) is 39.5 Å². The Hall–Kier alpha value is -0.460. The molecule has 1 aliphatic carbocycles. The molecule has 3 unspecified atom stereocenters. The van der Waals surface area contributed by atoms with Crippen LogP contribution in [0.4, 0.5) is 0 Å². The van der Waals surface area contributed by atoms with Crippen molar-refractivity contribution < 1.29 is 8.42 Å². The lowest BCUT2D eigenvalue weighted by Crippen LogP contribution is -2.43. The third kappa shape index (κ3) is 3.55. The van der Waals surface area contributed by atoms with Gasteiger partial charge in [-0.25, -0.2) is 13.1 Å². The maximum atomic E-state index is 12.3. The number of nitrogens with one attached hydrogen (secondary N) is 1. The molecule has 19 heavy (non-hydrogen) atoms. The second kappa shape index (κ2) is 5.89. The van der Waals surface area contributed by atoms with Crippen molar-refractivity contribution in [1.82, 2.24) is 9.71 Å². The van der Waals surface area contributed by atoms with Crippen molar-refractivity contribution in [3.05, 3.63) is 22.9 Å². The molecule has 0 saturated heterocycles. The van der Waals surface area contributed by atoms with Gasteiger partial charge in [0.2, 0.25) is 10.0 Å². The zero-order chi connectivity index (χ0) is 14.0. The molecule has 0 bridgehead atoms. The van der Waals surface area contributed by atoms with E-state index >= 15 is 0 Å². The van der Waals surface area contributed by atoms with Gasteiger partial charge in [0.15, 0.2) is 0 Å². The van der Waals surface area contributed by atoms with Crippen molar-refractivity contribution in [2.24, 2.45) is 11.8 Å². The highest BCUT2D eigenvalue weighted by Crippen LogP contribution is 2.30. The molecular weight excluding hydrogens is 328 g/mol. The van der Waals surface area contributed by atoms with Crippen LogP contribution in [-0.4, -0.2) is 19.4 Å². The van der Waals surface area contributed by atoms with Crippen molar-refractivity contribution in [1.29, 1.82) is 0 Å². The van der Waals surface area contributed by atoms with Crippen LogP contribution in [0.5, 0.6) is 0 Å². The smallest absolute Gasteiger partial charge is 0.242 e. The minimum Gasteiger partial charge on any atom is -0.262 e. The fourth-order valence-electron chi connectivity index (χ4n) is 2.56. The lowest BCUT2D eigenvalue weighted by atomic mass is 9.78. The molecule has 1 N–H and O–H groups in total. The summed E-state index contributed by atoms with van der Waals surface area (Å²) in [6, 6.07) is 1.60. The van der Waals surface area contributed by atoms with E-state index in [0.29, 0.717) is 16.3 Å². The van der Waals surface area contributed by atoms with E-state index in [0.717, 1.165) is 12.8 Å². The summed E-state index contributed by atoms with van der Waals surface area (Å²) >= 11 is 3.25. The monoisotopic (exact) mass is 346 g/mol. The van der Waals surface area contributed by atoms with E-state index in [9.17, 15) is 8.42 Å². The molecule has 1 aromatic rings. The van der Waals surface area contributed by atoms with Crippen LogP contribution in [0.15, 0.2) is 27.8 Å². The van der Waals surface area contributed by atoms with Crippen LogP contribution in [0.2, 0.25) is 0 Å². The second-order valence-corrected chi connectivity index (χ2v) is 7.96. The second-order valence-electron chi connectivity index (χ2n) is 5.33. The van der Waals surface area contributed by atoms with Crippen molar-refractivity contribution >= 4 is 26.0 Å². The Bertz CT molecular complexity index is 547. The molecule has 3 atom stereocenters. The summed E-state index contributed by atoms with van der Waals surface area (Å²) in [6.45, 7) is 4.31. The fourth-order valence-corrected chi connectivity index (χ4v) is 4.42. The molecule has 1 aromatic heterocycles. The molecule has 4 nitrogen and oxygen atoms in total. The molecule has 106 valence electrons. The van der Waals surface area contributed by atoms with Gasteiger partial charge in [-0.05, 0) is 40.3 Å². The number of rotatable bonds is 3. The predicted octanol–water partition coefficient (Wildman–Crippen LogP) is 2.95. The predicted molar refractivity (Wildman–Crippen MR) is 78.2 cm³/mol. The molecule has 2 rings (SSSR count). The highest BCUT2D eigenvalue weighted by Gasteiger charge is 2.30. The van der Waals surface area contributed by atoms with Crippen LogP contribution in [0, 0.1) is 11.8 Å². The Labute approximate surface area is 123 Å². The fraction of sp³-hybridized carbons (Fsp3) is 0.615. The summed E-state index contributed by atoms with van der Waals surface area (Å²) in [7, 11) is -3.48. The van der Waals surface area contributed by atoms with Crippen LogP contribution in [0.3, 0.4) is 0 Å². The van der Waals surface area contributed by atoms with E-state index in [4.69, 9.17) is 0 Å². The van der Waals surface area contributed by atoms with Gasteiger partial charge in [0.1, 0.15) is 4.90 Å². The summed E-state index contributed by atoms with van der Waals surface area (Å²) in [5.41, 5.74) is 0. The van der Waals surface area contributed by atoms with E-state index < -0.39 is 10.0 Å². The molecule has 6 heteroatoms. The lowest BCUT2D eigenvalue weighted by Gasteiger charge is -2.34. The zero-order valence-corrected chi connectivity index (χ0v) is 13.5. The highest BCUT2D eigenvalue weighted by molar-refractivity contribution is 9.10. The molecule has 1 fully saturated rings. The molecule has 1 saturated carbocycles. The molecule has 1 aliphatic rings. The highest BCUT2D eigenvalue weighted by atomic mass is 79.9. The number of hydrogen-bond donors (Lipinski definition) is 1. The average molecular weight is 347 g/mol. The lowest BCUT2D eigenvalue weighted by molar-refractivity contribution is 0.227. The van der Waals surface area contributed by atoms with Gasteiger partial charge in [-0.15, -0.1) is 0 Å². The van der Waals surface area contributed by atoms with Crippen molar-refractivity contribution in [3.63, 3.8) is 0 Å². The van der Waals surface area contributed by atoms with Crippen molar-refractivity contribution in [2.75, 3.05) is 0 Å². The van der Waals surface area contributed by atoms with E-state index in [1.165, 1.54) is 12.6 Å². The number of hydrogen-bond acceptors (Lipinski definition) is 3. The standard InChI is InChI=1S/C13H19BrN2O2S/c1-9-4-3-5-13(10(9)2)16-19(17,18)12-6-11(14)7-15-8-12/h6-10,13,16H,3-5H2,1-2H3. The summed E-state index contributed by atoms with van der Waals surface area (Å²) in [5.74, 6) is 0.922. The third-order valence-corrected chi connectivity index (χ3v) is 5.89. The Morgan fingerprint density at radius 3 is 2.74 bits per heavy atom. The van der Waals surface area contributed by atoms with Gasteiger partial charge < -0.3 is 0 Å². The van der Waals surface area contributed by atoms with Gasteiger partial charge in [0, 0.05) is 22.9 Å². The first-order valence-corrected chi connectivity index (χ1v) is 8.80. The zero-order valence-electron chi connectivity index (χ0n) is 11.1. The summed E-state index contributed by atoms with van der Waals surface area (Å²) in [4.78, 5) is 4.13. The Morgan fingerprint density at radius 1 is 1.32 bits per heavy atom. The quantitative estimate of drug-likeness (QED) is 0.915. The van der Waals surface area contributed by atoms with Gasteiger partial charge in [-0.2, -0.15) is 0 Å². The van der Waals surface area contributed by atoms with Gasteiger partial charge >= 0.3 is 0 Å². The first-order valence-electron chi connectivity index (χ1n) is 6.53. The number of halogens is 1. The topological polar surface area (TPSA) is 59.1 Å². The SMILES string of the molecule is CC1CCCC(NS(=O)(=O)c2cncc(Br)c2)C1C. The van der Waals surface area contributed by atoms with E-state index in [1.54, 1.807) is 12.3 Å². The largest absolute Gasteiger partial charge is 0.262 e. The van der Waals surface area contributed by atoms with Gasteiger partial charge in [0.05, 0.1) is 0 Å². The molecule has 0 aliphatic heterocycles. The van der Waals surface area contributed by atoms with Crippen molar-refractivity contribution in [3.8, 4) is 0 Å².